The van der Waals surface area contributed by atoms with E-state index in [2.05, 4.69) is 20.9 Å². The van der Waals surface area contributed by atoms with Crippen LogP contribution in [-0.2, 0) is 15.3 Å². The Morgan fingerprint density at radius 1 is 1.30 bits per heavy atom. The van der Waals surface area contributed by atoms with Crippen LogP contribution in [0.2, 0.25) is 0 Å². The lowest BCUT2D eigenvalue weighted by Gasteiger charge is -2.20. The van der Waals surface area contributed by atoms with Gasteiger partial charge in [0, 0.05) is 6.42 Å². The first-order chi connectivity index (χ1) is 9.27. The maximum Gasteiger partial charge on any atom is 0.347 e. The van der Waals surface area contributed by atoms with Crippen molar-refractivity contribution in [1.82, 2.24) is 4.98 Å². The third kappa shape index (κ3) is 3.96. The summed E-state index contributed by atoms with van der Waals surface area (Å²) in [5, 5.41) is 17.5. The molecule has 1 unspecified atom stereocenters. The number of pyridine rings is 1. The minimum Gasteiger partial charge on any atom is -0.481 e. The Kier molecular flexibility index (Phi) is 5.55. The van der Waals surface area contributed by atoms with Gasteiger partial charge in [0.2, 0.25) is 5.67 Å². The van der Waals surface area contributed by atoms with Crippen molar-refractivity contribution in [3.8, 4) is 0 Å². The van der Waals surface area contributed by atoms with Gasteiger partial charge in [-0.1, -0.05) is 0 Å². The van der Waals surface area contributed by atoms with Crippen molar-refractivity contribution in [3.63, 3.8) is 0 Å². The summed E-state index contributed by atoms with van der Waals surface area (Å²) in [6.07, 6.45) is -0.390. The number of unbranched alkanes of at least 4 members (excludes halogenated alkanes) is 1. The van der Waals surface area contributed by atoms with E-state index >= 15 is 0 Å². The molecule has 20 heavy (non-hydrogen) atoms. The summed E-state index contributed by atoms with van der Waals surface area (Å²) >= 11 is 2.77. The van der Waals surface area contributed by atoms with E-state index in [1.165, 1.54) is 0 Å². The molecule has 1 atom stereocenters. The molecule has 1 rings (SSSR count). The van der Waals surface area contributed by atoms with E-state index in [0.717, 1.165) is 12.1 Å². The van der Waals surface area contributed by atoms with E-state index in [9.17, 15) is 18.4 Å². The number of rotatable bonds is 7. The number of carboxylic acids is 2. The lowest BCUT2D eigenvalue weighted by molar-refractivity contribution is -0.152. The number of hydrogen-bond donors (Lipinski definition) is 2. The Balaban J connectivity index is 2.88. The number of carboxylic acid groups (broad SMARTS) is 2. The van der Waals surface area contributed by atoms with Gasteiger partial charge in [0.05, 0.1) is 5.69 Å². The predicted molar refractivity (Wildman–Crippen MR) is 68.4 cm³/mol. The van der Waals surface area contributed by atoms with Crippen molar-refractivity contribution in [2.45, 2.75) is 31.4 Å². The second kappa shape index (κ2) is 6.74. The minimum absolute atomic E-state index is 0.0613. The summed E-state index contributed by atoms with van der Waals surface area (Å²) in [5.41, 5.74) is -3.19. The van der Waals surface area contributed by atoms with Crippen molar-refractivity contribution < 1.29 is 28.6 Å². The molecule has 8 heteroatoms. The average Bonchev–Trinajstić information content (AvgIpc) is 2.37. The summed E-state index contributed by atoms with van der Waals surface area (Å²) in [4.78, 5) is 25.0. The summed E-state index contributed by atoms with van der Waals surface area (Å²) in [7, 11) is 0. The summed E-state index contributed by atoms with van der Waals surface area (Å²) < 4.78 is 27.3. The van der Waals surface area contributed by atoms with E-state index in [0.29, 0.717) is 0 Å². The van der Waals surface area contributed by atoms with Crippen molar-refractivity contribution in [2.24, 2.45) is 0 Å². The monoisotopic (exact) mass is 351 g/mol. The summed E-state index contributed by atoms with van der Waals surface area (Å²) in [5.74, 6) is -3.50. The highest BCUT2D eigenvalue weighted by atomic mass is 79.9. The second-order valence-corrected chi connectivity index (χ2v) is 4.93. The Bertz CT molecular complexity index is 526. The molecule has 0 spiro atoms. The smallest absolute Gasteiger partial charge is 0.347 e. The number of nitrogens with zero attached hydrogens (tertiary/aromatic N) is 1. The molecule has 110 valence electrons. The molecule has 0 radical (unpaired) electrons. The zero-order valence-electron chi connectivity index (χ0n) is 10.3. The van der Waals surface area contributed by atoms with Crippen LogP contribution in [0.1, 0.15) is 31.4 Å². The maximum atomic E-state index is 14.5. The molecule has 5 nitrogen and oxygen atoms in total. The summed E-state index contributed by atoms with van der Waals surface area (Å²) in [6, 6.07) is 1.88. The zero-order chi connectivity index (χ0) is 15.3. The minimum atomic E-state index is -2.77. The van der Waals surface area contributed by atoms with Crippen LogP contribution in [0.25, 0.3) is 0 Å². The first-order valence-electron chi connectivity index (χ1n) is 5.74. The molecule has 0 aromatic carbocycles. The molecule has 1 aromatic rings. The topological polar surface area (TPSA) is 87.5 Å². The van der Waals surface area contributed by atoms with Crippen molar-refractivity contribution in [1.29, 1.82) is 0 Å². The van der Waals surface area contributed by atoms with Gasteiger partial charge in [0.1, 0.15) is 4.60 Å². The van der Waals surface area contributed by atoms with Gasteiger partial charge >= 0.3 is 11.9 Å². The van der Waals surface area contributed by atoms with Gasteiger partial charge in [0.15, 0.2) is 5.82 Å². The molecule has 1 aromatic heterocycles. The number of aromatic nitrogens is 1. The van der Waals surface area contributed by atoms with Crippen molar-refractivity contribution in [3.05, 3.63) is 28.2 Å². The molecule has 0 aliphatic carbocycles. The molecular weight excluding hydrogens is 340 g/mol. The van der Waals surface area contributed by atoms with Crippen LogP contribution in [0.4, 0.5) is 8.78 Å². The molecular formula is C12H12BrF2NO4. The van der Waals surface area contributed by atoms with Crippen LogP contribution in [0.15, 0.2) is 16.7 Å². The first kappa shape index (κ1) is 16.5. The SMILES string of the molecule is O=C(O)CCCCC(F)(C(=O)O)c1ccc(F)c(Br)n1. The Morgan fingerprint density at radius 3 is 2.45 bits per heavy atom. The van der Waals surface area contributed by atoms with Crippen molar-refractivity contribution >= 4 is 27.9 Å². The molecule has 2 N–H and O–H groups in total. The average molecular weight is 352 g/mol. The van der Waals surface area contributed by atoms with Crippen LogP contribution < -0.4 is 0 Å². The number of aliphatic carboxylic acids is 2. The van der Waals surface area contributed by atoms with Crippen LogP contribution in [0.3, 0.4) is 0 Å². The van der Waals surface area contributed by atoms with Crippen LogP contribution in [-0.4, -0.2) is 27.1 Å². The first-order valence-corrected chi connectivity index (χ1v) is 6.53. The van der Waals surface area contributed by atoms with Gasteiger partial charge in [-0.3, -0.25) is 4.79 Å². The van der Waals surface area contributed by atoms with E-state index in [4.69, 9.17) is 10.2 Å². The summed E-state index contributed by atoms with van der Waals surface area (Å²) in [6.45, 7) is 0. The highest BCUT2D eigenvalue weighted by molar-refractivity contribution is 9.10. The molecule has 0 saturated heterocycles. The fourth-order valence-corrected chi connectivity index (χ4v) is 1.95. The Morgan fingerprint density at radius 2 is 1.95 bits per heavy atom. The van der Waals surface area contributed by atoms with Crippen LogP contribution in [0, 0.1) is 5.82 Å². The number of carbonyl (C=O) groups is 2. The van der Waals surface area contributed by atoms with Gasteiger partial charge < -0.3 is 10.2 Å². The van der Waals surface area contributed by atoms with Crippen LogP contribution >= 0.6 is 15.9 Å². The third-order valence-corrected chi connectivity index (χ3v) is 3.27. The molecule has 0 aliphatic rings. The largest absolute Gasteiger partial charge is 0.481 e. The van der Waals surface area contributed by atoms with Gasteiger partial charge in [0.25, 0.3) is 0 Å². The van der Waals surface area contributed by atoms with Gasteiger partial charge in [-0.15, -0.1) is 0 Å². The standard InChI is InChI=1S/C12H12BrF2NO4/c13-10-7(14)4-5-8(16-10)12(15,11(19)20)6-2-1-3-9(17)18/h4-5H,1-3,6H2,(H,17,18)(H,19,20). The van der Waals surface area contributed by atoms with E-state index in [1.807, 2.05) is 0 Å². The zero-order valence-corrected chi connectivity index (χ0v) is 11.9. The molecule has 0 amide bonds. The van der Waals surface area contributed by atoms with Gasteiger partial charge in [-0.05, 0) is 47.3 Å². The molecule has 0 fully saturated rings. The Labute approximate surface area is 121 Å². The quantitative estimate of drug-likeness (QED) is 0.582. The fraction of sp³-hybridized carbons (Fsp3) is 0.417. The maximum absolute atomic E-state index is 14.5. The normalized spacial score (nSPS) is 13.8. The Hall–Kier alpha value is -1.57. The lowest BCUT2D eigenvalue weighted by Crippen LogP contribution is -2.32. The molecule has 0 saturated carbocycles. The van der Waals surface area contributed by atoms with Crippen molar-refractivity contribution in [2.75, 3.05) is 0 Å². The lowest BCUT2D eigenvalue weighted by atomic mass is 9.94. The highest BCUT2D eigenvalue weighted by Crippen LogP contribution is 2.32. The van der Waals surface area contributed by atoms with Crippen LogP contribution in [0.5, 0.6) is 0 Å². The predicted octanol–water partition coefficient (Wildman–Crippen LogP) is 2.88. The molecule has 0 aliphatic heterocycles. The number of hydrogen-bond acceptors (Lipinski definition) is 3. The third-order valence-electron chi connectivity index (χ3n) is 2.71. The van der Waals surface area contributed by atoms with E-state index in [1.54, 1.807) is 0 Å². The fourth-order valence-electron chi connectivity index (χ4n) is 1.63. The molecule has 1 heterocycles. The molecule has 0 bridgehead atoms. The van der Waals surface area contributed by atoms with E-state index in [-0.39, 0.29) is 23.9 Å². The van der Waals surface area contributed by atoms with E-state index < -0.39 is 35.5 Å². The second-order valence-electron chi connectivity index (χ2n) is 4.18. The highest BCUT2D eigenvalue weighted by Gasteiger charge is 2.42. The number of alkyl halides is 1. The van der Waals surface area contributed by atoms with Gasteiger partial charge in [-0.2, -0.15) is 0 Å². The van der Waals surface area contributed by atoms with Gasteiger partial charge in [-0.25, -0.2) is 18.6 Å². The number of halogens is 3.